The molecule has 0 spiro atoms. The fourth-order valence-electron chi connectivity index (χ4n) is 2.08. The van der Waals surface area contributed by atoms with E-state index in [0.717, 1.165) is 23.9 Å². The predicted octanol–water partition coefficient (Wildman–Crippen LogP) is 4.89. The largest absolute Gasteiger partial charge is 0.327 e. The molecule has 2 aromatic rings. The second-order valence-corrected chi connectivity index (χ2v) is 6.59. The average Bonchev–Trinajstić information content (AvgIpc) is 2.40. The monoisotopic (exact) mass is 303 g/mol. The molecule has 0 aliphatic rings. The number of hydrogen-bond acceptors (Lipinski definition) is 3. The molecule has 0 atom stereocenters. The van der Waals surface area contributed by atoms with Crippen molar-refractivity contribution in [3.63, 3.8) is 0 Å². The number of benzene rings is 1. The highest BCUT2D eigenvalue weighted by Gasteiger charge is 2.20. The summed E-state index contributed by atoms with van der Waals surface area (Å²) in [5.41, 5.74) is 2.22. The zero-order valence-electron chi connectivity index (χ0n) is 13.3. The van der Waals surface area contributed by atoms with Gasteiger partial charge in [0.05, 0.1) is 0 Å². The highest BCUT2D eigenvalue weighted by Crippen LogP contribution is 2.28. The minimum absolute atomic E-state index is 0.133. The summed E-state index contributed by atoms with van der Waals surface area (Å²) in [5.74, 6) is 1.60. The Hall–Kier alpha value is -1.61. The van der Waals surface area contributed by atoms with E-state index in [4.69, 9.17) is 16.6 Å². The van der Waals surface area contributed by atoms with Crippen LogP contribution in [-0.2, 0) is 5.41 Å². The molecule has 4 heteroatoms. The van der Waals surface area contributed by atoms with Gasteiger partial charge in [-0.1, -0.05) is 50.1 Å². The Morgan fingerprint density at radius 3 is 2.24 bits per heavy atom. The molecule has 1 aromatic heterocycles. The highest BCUT2D eigenvalue weighted by molar-refractivity contribution is 6.29. The van der Waals surface area contributed by atoms with Crippen LogP contribution in [0.15, 0.2) is 30.3 Å². The molecule has 21 heavy (non-hydrogen) atoms. The lowest BCUT2D eigenvalue weighted by atomic mass is 9.96. The molecule has 1 heterocycles. The molecule has 0 fully saturated rings. The number of hydrogen-bond donors (Lipinski definition) is 0. The Morgan fingerprint density at radius 2 is 1.71 bits per heavy atom. The molecule has 0 saturated carbocycles. The van der Waals surface area contributed by atoms with Crippen molar-refractivity contribution < 1.29 is 0 Å². The maximum absolute atomic E-state index is 6.19. The van der Waals surface area contributed by atoms with Crippen molar-refractivity contribution in [2.75, 3.05) is 11.4 Å². The molecule has 0 aliphatic carbocycles. The van der Waals surface area contributed by atoms with Gasteiger partial charge >= 0.3 is 0 Å². The van der Waals surface area contributed by atoms with Crippen LogP contribution in [0.2, 0.25) is 5.15 Å². The highest BCUT2D eigenvalue weighted by atomic mass is 35.5. The normalized spacial score (nSPS) is 11.5. The van der Waals surface area contributed by atoms with Crippen molar-refractivity contribution in [3.8, 4) is 0 Å². The standard InChI is InChI=1S/C17H22ClN3/c1-6-21(13-9-7-12(2)8-10-13)15-11-14(18)19-16(20-15)17(3,4)5/h7-11H,6H2,1-5H3. The van der Waals surface area contributed by atoms with Crippen molar-refractivity contribution in [2.45, 2.75) is 40.0 Å². The van der Waals surface area contributed by atoms with Crippen molar-refractivity contribution >= 4 is 23.1 Å². The molecule has 0 saturated heterocycles. The Kier molecular flexibility index (Phi) is 4.52. The van der Waals surface area contributed by atoms with Gasteiger partial charge < -0.3 is 4.90 Å². The molecule has 2 rings (SSSR count). The van der Waals surface area contributed by atoms with Gasteiger partial charge in [0.1, 0.15) is 16.8 Å². The molecule has 0 bridgehead atoms. The molecule has 3 nitrogen and oxygen atoms in total. The van der Waals surface area contributed by atoms with E-state index in [2.05, 4.69) is 68.8 Å². The Balaban J connectivity index is 2.47. The topological polar surface area (TPSA) is 29.0 Å². The molecular formula is C17H22ClN3. The quantitative estimate of drug-likeness (QED) is 0.756. The van der Waals surface area contributed by atoms with Crippen LogP contribution in [0.25, 0.3) is 0 Å². The lowest BCUT2D eigenvalue weighted by Gasteiger charge is -2.25. The first-order valence-electron chi connectivity index (χ1n) is 7.20. The third kappa shape index (κ3) is 3.73. The summed E-state index contributed by atoms with van der Waals surface area (Å²) in [4.78, 5) is 11.2. The smallest absolute Gasteiger partial charge is 0.138 e. The number of anilines is 2. The summed E-state index contributed by atoms with van der Waals surface area (Å²) in [7, 11) is 0. The number of nitrogens with zero attached hydrogens (tertiary/aromatic N) is 3. The zero-order chi connectivity index (χ0) is 15.6. The average molecular weight is 304 g/mol. The molecule has 0 aliphatic heterocycles. The number of aromatic nitrogens is 2. The minimum Gasteiger partial charge on any atom is -0.327 e. The van der Waals surface area contributed by atoms with Gasteiger partial charge in [0.15, 0.2) is 0 Å². The van der Waals surface area contributed by atoms with Crippen molar-refractivity contribution in [2.24, 2.45) is 0 Å². The van der Waals surface area contributed by atoms with E-state index >= 15 is 0 Å². The maximum Gasteiger partial charge on any atom is 0.138 e. The molecule has 0 N–H and O–H groups in total. The summed E-state index contributed by atoms with van der Waals surface area (Å²) in [6.45, 7) is 11.3. The fourth-order valence-corrected chi connectivity index (χ4v) is 2.26. The van der Waals surface area contributed by atoms with Gasteiger partial charge in [0.25, 0.3) is 0 Å². The first kappa shape index (κ1) is 15.8. The van der Waals surface area contributed by atoms with Gasteiger partial charge in [0.2, 0.25) is 0 Å². The number of rotatable bonds is 3. The minimum atomic E-state index is -0.133. The molecular weight excluding hydrogens is 282 g/mol. The zero-order valence-corrected chi connectivity index (χ0v) is 14.1. The Morgan fingerprint density at radius 1 is 1.10 bits per heavy atom. The second-order valence-electron chi connectivity index (χ2n) is 6.20. The first-order chi connectivity index (χ1) is 9.81. The summed E-state index contributed by atoms with van der Waals surface area (Å²) >= 11 is 6.19. The van der Waals surface area contributed by atoms with E-state index in [0.29, 0.717) is 5.15 Å². The van der Waals surface area contributed by atoms with Crippen LogP contribution in [0.1, 0.15) is 39.1 Å². The Labute approximate surface area is 132 Å². The maximum atomic E-state index is 6.19. The van der Waals surface area contributed by atoms with Gasteiger partial charge in [-0.15, -0.1) is 0 Å². The van der Waals surface area contributed by atoms with Crippen LogP contribution < -0.4 is 4.90 Å². The summed E-state index contributed by atoms with van der Waals surface area (Å²) in [5, 5.41) is 0.482. The van der Waals surface area contributed by atoms with E-state index in [-0.39, 0.29) is 5.41 Å². The third-order valence-electron chi connectivity index (χ3n) is 3.29. The number of halogens is 1. The van der Waals surface area contributed by atoms with Gasteiger partial charge in [-0.25, -0.2) is 9.97 Å². The van der Waals surface area contributed by atoms with Gasteiger partial charge in [-0.2, -0.15) is 0 Å². The van der Waals surface area contributed by atoms with Crippen LogP contribution in [0, 0.1) is 6.92 Å². The van der Waals surface area contributed by atoms with E-state index < -0.39 is 0 Å². The van der Waals surface area contributed by atoms with E-state index in [9.17, 15) is 0 Å². The molecule has 0 radical (unpaired) electrons. The van der Waals surface area contributed by atoms with Crippen LogP contribution in [0.5, 0.6) is 0 Å². The van der Waals surface area contributed by atoms with Gasteiger partial charge in [0, 0.05) is 23.7 Å². The molecule has 1 aromatic carbocycles. The molecule has 0 unspecified atom stereocenters. The fraction of sp³-hybridized carbons (Fsp3) is 0.412. The lowest BCUT2D eigenvalue weighted by Crippen LogP contribution is -2.22. The SMILES string of the molecule is CCN(c1ccc(C)cc1)c1cc(Cl)nc(C(C)(C)C)n1. The number of aryl methyl sites for hydroxylation is 1. The summed E-state index contributed by atoms with van der Waals surface area (Å²) in [6, 6.07) is 10.2. The van der Waals surface area contributed by atoms with Crippen LogP contribution in [0.3, 0.4) is 0 Å². The van der Waals surface area contributed by atoms with E-state index in [1.54, 1.807) is 0 Å². The second kappa shape index (κ2) is 6.02. The molecule has 0 amide bonds. The first-order valence-corrected chi connectivity index (χ1v) is 7.58. The van der Waals surface area contributed by atoms with E-state index in [1.807, 2.05) is 6.07 Å². The van der Waals surface area contributed by atoms with E-state index in [1.165, 1.54) is 5.56 Å². The summed E-state index contributed by atoms with van der Waals surface area (Å²) in [6.07, 6.45) is 0. The van der Waals surface area contributed by atoms with Crippen molar-refractivity contribution in [3.05, 3.63) is 46.9 Å². The lowest BCUT2D eigenvalue weighted by molar-refractivity contribution is 0.545. The van der Waals surface area contributed by atoms with Crippen molar-refractivity contribution in [1.29, 1.82) is 0 Å². The van der Waals surface area contributed by atoms with Crippen LogP contribution >= 0.6 is 11.6 Å². The van der Waals surface area contributed by atoms with Crippen molar-refractivity contribution in [1.82, 2.24) is 9.97 Å². The third-order valence-corrected chi connectivity index (χ3v) is 3.48. The molecule has 112 valence electrons. The Bertz CT molecular complexity index is 615. The van der Waals surface area contributed by atoms with Crippen LogP contribution in [0.4, 0.5) is 11.5 Å². The van der Waals surface area contributed by atoms with Gasteiger partial charge in [-0.3, -0.25) is 0 Å². The van der Waals surface area contributed by atoms with Crippen LogP contribution in [-0.4, -0.2) is 16.5 Å². The van der Waals surface area contributed by atoms with Gasteiger partial charge in [-0.05, 0) is 26.0 Å². The predicted molar refractivity (Wildman–Crippen MR) is 89.6 cm³/mol. The summed E-state index contributed by atoms with van der Waals surface area (Å²) < 4.78 is 0.